The van der Waals surface area contributed by atoms with Crippen LogP contribution in [0, 0.1) is 5.82 Å². The fraction of sp³-hybridized carbons (Fsp3) is 0.133. The van der Waals surface area contributed by atoms with Gasteiger partial charge in [0.25, 0.3) is 10.0 Å². The van der Waals surface area contributed by atoms with Crippen LogP contribution in [-0.2, 0) is 14.8 Å². The van der Waals surface area contributed by atoms with Crippen LogP contribution in [0.2, 0.25) is 0 Å². The van der Waals surface area contributed by atoms with Crippen LogP contribution in [0.25, 0.3) is 0 Å². The molecule has 0 aliphatic rings. The van der Waals surface area contributed by atoms with Crippen LogP contribution in [0.5, 0.6) is 0 Å². The molecule has 2 aromatic rings. The average Bonchev–Trinajstić information content (AvgIpc) is 2.54. The molecular formula is C15H13BrFNO4S. The van der Waals surface area contributed by atoms with E-state index in [0.29, 0.717) is 5.69 Å². The number of anilines is 1. The molecule has 23 heavy (non-hydrogen) atoms. The van der Waals surface area contributed by atoms with Crippen molar-refractivity contribution in [2.24, 2.45) is 0 Å². The Morgan fingerprint density at radius 3 is 2.39 bits per heavy atom. The SMILES string of the molecule is COC(=O)c1cc(S(=O)(=O)N(C)c2ccccc2)c(F)cc1Br. The molecule has 122 valence electrons. The van der Waals surface area contributed by atoms with Crippen molar-refractivity contribution in [3.8, 4) is 0 Å². The van der Waals surface area contributed by atoms with Crippen molar-refractivity contribution in [2.75, 3.05) is 18.5 Å². The summed E-state index contributed by atoms with van der Waals surface area (Å²) in [6.07, 6.45) is 0. The predicted octanol–water partition coefficient (Wildman–Crippen LogP) is 3.20. The van der Waals surface area contributed by atoms with Gasteiger partial charge in [-0.25, -0.2) is 17.6 Å². The van der Waals surface area contributed by atoms with Crippen molar-refractivity contribution in [3.63, 3.8) is 0 Å². The Morgan fingerprint density at radius 2 is 1.83 bits per heavy atom. The van der Waals surface area contributed by atoms with Crippen molar-refractivity contribution in [3.05, 3.63) is 58.3 Å². The van der Waals surface area contributed by atoms with Crippen molar-refractivity contribution in [1.29, 1.82) is 0 Å². The molecule has 0 N–H and O–H groups in total. The van der Waals surface area contributed by atoms with Gasteiger partial charge in [0.1, 0.15) is 10.7 Å². The Kier molecular flexibility index (Phi) is 5.06. The Morgan fingerprint density at radius 1 is 1.22 bits per heavy atom. The summed E-state index contributed by atoms with van der Waals surface area (Å²) >= 11 is 3.02. The van der Waals surface area contributed by atoms with Crippen LogP contribution in [0.3, 0.4) is 0 Å². The molecule has 8 heteroatoms. The predicted molar refractivity (Wildman–Crippen MR) is 87.5 cm³/mol. The molecular weight excluding hydrogens is 389 g/mol. The number of nitrogens with zero attached hydrogens (tertiary/aromatic N) is 1. The molecule has 0 fully saturated rings. The van der Waals surface area contributed by atoms with Crippen LogP contribution in [0.4, 0.5) is 10.1 Å². The zero-order chi connectivity index (χ0) is 17.2. The largest absolute Gasteiger partial charge is 0.465 e. The van der Waals surface area contributed by atoms with E-state index in [2.05, 4.69) is 20.7 Å². The van der Waals surface area contributed by atoms with Gasteiger partial charge in [0.2, 0.25) is 0 Å². The third-order valence-corrected chi connectivity index (χ3v) is 5.64. The number of sulfonamides is 1. The fourth-order valence-electron chi connectivity index (χ4n) is 1.92. The molecule has 0 atom stereocenters. The number of para-hydroxylation sites is 1. The highest BCUT2D eigenvalue weighted by molar-refractivity contribution is 9.10. The number of carbonyl (C=O) groups excluding carboxylic acids is 1. The molecule has 2 rings (SSSR count). The minimum Gasteiger partial charge on any atom is -0.465 e. The van der Waals surface area contributed by atoms with E-state index in [1.54, 1.807) is 30.3 Å². The van der Waals surface area contributed by atoms with E-state index in [4.69, 9.17) is 0 Å². The van der Waals surface area contributed by atoms with Crippen molar-refractivity contribution in [1.82, 2.24) is 0 Å². The summed E-state index contributed by atoms with van der Waals surface area (Å²) in [7, 11) is -1.71. The summed E-state index contributed by atoms with van der Waals surface area (Å²) in [5, 5.41) is 0. The molecule has 0 aromatic heterocycles. The number of hydrogen-bond donors (Lipinski definition) is 0. The standard InChI is InChI=1S/C15H13BrFNO4S/c1-18(10-6-4-3-5-7-10)23(20,21)14-8-11(15(19)22-2)12(16)9-13(14)17/h3-9H,1-2H3. The Balaban J connectivity index is 2.58. The first-order chi connectivity index (χ1) is 10.8. The third kappa shape index (κ3) is 3.37. The molecule has 0 bridgehead atoms. The second kappa shape index (κ2) is 6.67. The molecule has 0 aliphatic carbocycles. The van der Waals surface area contributed by atoms with Crippen molar-refractivity contribution >= 4 is 37.6 Å². The molecule has 0 radical (unpaired) electrons. The van der Waals surface area contributed by atoms with Gasteiger partial charge in [0.05, 0.1) is 18.4 Å². The molecule has 0 unspecified atom stereocenters. The van der Waals surface area contributed by atoms with Gasteiger partial charge in [0, 0.05) is 11.5 Å². The second-order valence-electron chi connectivity index (χ2n) is 4.56. The Labute approximate surface area is 141 Å². The van der Waals surface area contributed by atoms with Gasteiger partial charge in [-0.1, -0.05) is 18.2 Å². The van der Waals surface area contributed by atoms with Gasteiger partial charge >= 0.3 is 5.97 Å². The first kappa shape index (κ1) is 17.4. The van der Waals surface area contributed by atoms with E-state index in [1.807, 2.05) is 0 Å². The van der Waals surface area contributed by atoms with Gasteiger partial charge in [-0.05, 0) is 40.2 Å². The highest BCUT2D eigenvalue weighted by Gasteiger charge is 2.27. The lowest BCUT2D eigenvalue weighted by Gasteiger charge is -2.20. The van der Waals surface area contributed by atoms with E-state index in [1.165, 1.54) is 7.05 Å². The smallest absolute Gasteiger partial charge is 0.339 e. The highest BCUT2D eigenvalue weighted by Crippen LogP contribution is 2.28. The topological polar surface area (TPSA) is 63.7 Å². The van der Waals surface area contributed by atoms with Gasteiger partial charge in [0.15, 0.2) is 0 Å². The van der Waals surface area contributed by atoms with Gasteiger partial charge in [-0.2, -0.15) is 0 Å². The maximum atomic E-state index is 14.2. The van der Waals surface area contributed by atoms with E-state index < -0.39 is 26.7 Å². The molecule has 0 heterocycles. The summed E-state index contributed by atoms with van der Waals surface area (Å²) < 4.78 is 45.1. The van der Waals surface area contributed by atoms with E-state index in [0.717, 1.165) is 23.5 Å². The number of esters is 1. The Bertz CT molecular complexity index is 840. The van der Waals surface area contributed by atoms with Crippen LogP contribution >= 0.6 is 15.9 Å². The summed E-state index contributed by atoms with van der Waals surface area (Å²) in [5.41, 5.74) is 0.295. The molecule has 0 saturated carbocycles. The van der Waals surface area contributed by atoms with Crippen molar-refractivity contribution < 1.29 is 22.3 Å². The minimum atomic E-state index is -4.17. The maximum Gasteiger partial charge on any atom is 0.339 e. The number of carbonyl (C=O) groups is 1. The molecule has 0 saturated heterocycles. The first-order valence-electron chi connectivity index (χ1n) is 6.40. The van der Waals surface area contributed by atoms with E-state index >= 15 is 0 Å². The molecule has 0 aliphatic heterocycles. The van der Waals surface area contributed by atoms with E-state index in [9.17, 15) is 17.6 Å². The Hall–Kier alpha value is -1.93. The lowest BCUT2D eigenvalue weighted by atomic mass is 10.2. The fourth-order valence-corrected chi connectivity index (χ4v) is 3.66. The number of rotatable bonds is 4. The first-order valence-corrected chi connectivity index (χ1v) is 8.63. The number of halogens is 2. The van der Waals surface area contributed by atoms with Crippen LogP contribution in [0.15, 0.2) is 51.8 Å². The van der Waals surface area contributed by atoms with Crippen LogP contribution in [-0.4, -0.2) is 28.5 Å². The maximum absolute atomic E-state index is 14.2. The number of methoxy groups -OCH3 is 1. The average molecular weight is 402 g/mol. The third-order valence-electron chi connectivity index (χ3n) is 3.19. The summed E-state index contributed by atoms with van der Waals surface area (Å²) in [4.78, 5) is 11.1. The quantitative estimate of drug-likeness (QED) is 0.737. The summed E-state index contributed by atoms with van der Waals surface area (Å²) in [6, 6.07) is 10.1. The summed E-state index contributed by atoms with van der Waals surface area (Å²) in [6.45, 7) is 0. The summed E-state index contributed by atoms with van der Waals surface area (Å²) in [5.74, 6) is -1.73. The number of ether oxygens (including phenoxy) is 1. The van der Waals surface area contributed by atoms with Gasteiger partial charge in [-0.15, -0.1) is 0 Å². The normalized spacial score (nSPS) is 11.1. The lowest BCUT2D eigenvalue weighted by molar-refractivity contribution is 0.0599. The lowest BCUT2D eigenvalue weighted by Crippen LogP contribution is -2.27. The monoisotopic (exact) mass is 401 g/mol. The minimum absolute atomic E-state index is 0.0751. The second-order valence-corrected chi connectivity index (χ2v) is 7.35. The molecule has 2 aromatic carbocycles. The van der Waals surface area contributed by atoms with Crippen molar-refractivity contribution in [2.45, 2.75) is 4.90 Å². The zero-order valence-electron chi connectivity index (χ0n) is 12.3. The van der Waals surface area contributed by atoms with Crippen LogP contribution in [0.1, 0.15) is 10.4 Å². The van der Waals surface area contributed by atoms with Gasteiger partial charge < -0.3 is 4.74 Å². The molecule has 0 amide bonds. The van der Waals surface area contributed by atoms with Crippen LogP contribution < -0.4 is 4.31 Å². The van der Waals surface area contributed by atoms with Gasteiger partial charge in [-0.3, -0.25) is 4.31 Å². The molecule has 5 nitrogen and oxygen atoms in total. The number of benzene rings is 2. The number of hydrogen-bond acceptors (Lipinski definition) is 4. The van der Waals surface area contributed by atoms with E-state index in [-0.39, 0.29) is 10.0 Å². The molecule has 0 spiro atoms. The highest BCUT2D eigenvalue weighted by atomic mass is 79.9. The zero-order valence-corrected chi connectivity index (χ0v) is 14.7.